The second-order valence-corrected chi connectivity index (χ2v) is 6.48. The van der Waals surface area contributed by atoms with Crippen molar-refractivity contribution in [3.8, 4) is 0 Å². The third kappa shape index (κ3) is 5.02. The van der Waals surface area contributed by atoms with Crippen LogP contribution in [-0.2, 0) is 4.74 Å². The molecule has 0 spiro atoms. The van der Waals surface area contributed by atoms with Crippen LogP contribution in [-0.4, -0.2) is 36.5 Å². The molecule has 6 heteroatoms. The summed E-state index contributed by atoms with van der Waals surface area (Å²) in [6.45, 7) is 9.75. The first kappa shape index (κ1) is 16.8. The quantitative estimate of drug-likeness (QED) is 0.609. The molecule has 20 heavy (non-hydrogen) atoms. The van der Waals surface area contributed by atoms with Gasteiger partial charge in [0.15, 0.2) is 7.28 Å². The summed E-state index contributed by atoms with van der Waals surface area (Å²) in [6.07, 6.45) is -0.184. The largest absolute Gasteiger partial charge is 0.487 e. The van der Waals surface area contributed by atoms with Gasteiger partial charge in [-0.1, -0.05) is 43.7 Å². The van der Waals surface area contributed by atoms with E-state index in [4.69, 9.17) is 4.74 Å². The smallest absolute Gasteiger partial charge is 0.459 e. The first-order valence-corrected chi connectivity index (χ1v) is 6.80. The molecule has 0 atom stereocenters. The molecule has 0 saturated heterocycles. The van der Waals surface area contributed by atoms with Gasteiger partial charge in [-0.2, -0.15) is 0 Å². The Morgan fingerprint density at radius 1 is 1.30 bits per heavy atom. The Labute approximate surface area is 121 Å². The number of ether oxygens (including phenoxy) is 1. The SMILES string of the molecule is CC(C)OC(=O)c1ccc(B(O)O)c(BC(C)(C)C)c1. The summed E-state index contributed by atoms with van der Waals surface area (Å²) in [5, 5.41) is 18.8. The minimum atomic E-state index is -1.54. The molecule has 0 fully saturated rings. The van der Waals surface area contributed by atoms with Crippen LogP contribution >= 0.6 is 0 Å². The van der Waals surface area contributed by atoms with E-state index in [0.29, 0.717) is 18.3 Å². The van der Waals surface area contributed by atoms with Crippen molar-refractivity contribution in [1.29, 1.82) is 0 Å². The average molecular weight is 276 g/mol. The van der Waals surface area contributed by atoms with E-state index < -0.39 is 13.1 Å². The highest BCUT2D eigenvalue weighted by atomic mass is 16.5. The van der Waals surface area contributed by atoms with Gasteiger partial charge in [-0.05, 0) is 25.4 Å². The first-order chi connectivity index (χ1) is 9.10. The lowest BCUT2D eigenvalue weighted by molar-refractivity contribution is 0.0378. The van der Waals surface area contributed by atoms with Crippen molar-refractivity contribution in [1.82, 2.24) is 0 Å². The molecule has 0 saturated carbocycles. The Hall–Kier alpha value is -1.26. The number of esters is 1. The van der Waals surface area contributed by atoms with Gasteiger partial charge in [0.1, 0.15) is 0 Å². The van der Waals surface area contributed by atoms with Crippen molar-refractivity contribution in [3.05, 3.63) is 23.8 Å². The van der Waals surface area contributed by atoms with Crippen LogP contribution in [0.4, 0.5) is 0 Å². The van der Waals surface area contributed by atoms with Gasteiger partial charge in [0.2, 0.25) is 0 Å². The molecular formula is C14H22B2O4. The summed E-state index contributed by atoms with van der Waals surface area (Å²) in [4.78, 5) is 11.9. The molecule has 4 nitrogen and oxygen atoms in total. The minimum Gasteiger partial charge on any atom is -0.459 e. The Balaban J connectivity index is 3.13. The van der Waals surface area contributed by atoms with E-state index in [-0.39, 0.29) is 11.4 Å². The molecular weight excluding hydrogens is 254 g/mol. The van der Waals surface area contributed by atoms with Crippen molar-refractivity contribution in [2.24, 2.45) is 0 Å². The zero-order valence-corrected chi connectivity index (χ0v) is 12.8. The Morgan fingerprint density at radius 3 is 2.35 bits per heavy atom. The molecule has 1 rings (SSSR count). The molecule has 1 aromatic rings. The summed E-state index contributed by atoms with van der Waals surface area (Å²) in [5.41, 5.74) is 1.62. The maximum absolute atomic E-state index is 11.9. The molecule has 0 aromatic heterocycles. The molecule has 1 aromatic carbocycles. The van der Waals surface area contributed by atoms with E-state index in [0.717, 1.165) is 5.46 Å². The number of hydrogen-bond donors (Lipinski definition) is 2. The van der Waals surface area contributed by atoms with E-state index in [1.165, 1.54) is 0 Å². The van der Waals surface area contributed by atoms with Gasteiger partial charge in [0, 0.05) is 0 Å². The number of carbonyl (C=O) groups is 1. The van der Waals surface area contributed by atoms with Crippen LogP contribution in [0.1, 0.15) is 45.0 Å². The van der Waals surface area contributed by atoms with Crippen LogP contribution in [0.5, 0.6) is 0 Å². The van der Waals surface area contributed by atoms with Crippen molar-refractivity contribution >= 4 is 31.3 Å². The molecule has 0 bridgehead atoms. The van der Waals surface area contributed by atoms with Crippen molar-refractivity contribution < 1.29 is 19.6 Å². The third-order valence-electron chi connectivity index (χ3n) is 2.72. The van der Waals surface area contributed by atoms with Crippen LogP contribution in [0.25, 0.3) is 0 Å². The summed E-state index contributed by atoms with van der Waals surface area (Å²) < 4.78 is 5.16. The fourth-order valence-electron chi connectivity index (χ4n) is 1.99. The predicted molar refractivity (Wildman–Crippen MR) is 83.3 cm³/mol. The standard InChI is InChI=1S/C14H22B2O4/c1-9(2)20-13(17)10-6-7-12(16(18)19)11(8-10)15-14(3,4)5/h6-9,15,18-19H,1-5H3. The molecule has 0 radical (unpaired) electrons. The average Bonchev–Trinajstić information content (AvgIpc) is 2.25. The predicted octanol–water partition coefficient (Wildman–Crippen LogP) is 0.212. The lowest BCUT2D eigenvalue weighted by atomic mass is 9.48. The van der Waals surface area contributed by atoms with Crippen molar-refractivity contribution in [2.75, 3.05) is 0 Å². The minimum absolute atomic E-state index is 0.0236. The molecule has 0 heterocycles. The van der Waals surface area contributed by atoms with Crippen LogP contribution in [0.3, 0.4) is 0 Å². The fourth-order valence-corrected chi connectivity index (χ4v) is 1.99. The van der Waals surface area contributed by atoms with Crippen LogP contribution < -0.4 is 10.9 Å². The summed E-state index contributed by atoms with van der Waals surface area (Å²) in [7, 11) is -0.898. The topological polar surface area (TPSA) is 66.8 Å². The molecule has 0 aliphatic rings. The Kier molecular flexibility index (Phi) is 5.42. The maximum Gasteiger partial charge on any atom is 0.487 e. The second kappa shape index (κ2) is 6.46. The van der Waals surface area contributed by atoms with Gasteiger partial charge >= 0.3 is 13.1 Å². The van der Waals surface area contributed by atoms with Gasteiger partial charge in [-0.15, -0.1) is 0 Å². The van der Waals surface area contributed by atoms with Crippen LogP contribution in [0.15, 0.2) is 18.2 Å². The highest BCUT2D eigenvalue weighted by molar-refractivity contribution is 6.70. The van der Waals surface area contributed by atoms with E-state index in [2.05, 4.69) is 20.8 Å². The second-order valence-electron chi connectivity index (χ2n) is 6.48. The van der Waals surface area contributed by atoms with Crippen molar-refractivity contribution in [2.45, 2.75) is 46.0 Å². The number of carbonyl (C=O) groups excluding carboxylic acids is 1. The summed E-state index contributed by atoms with van der Waals surface area (Å²) in [5.74, 6) is -0.394. The molecule has 108 valence electrons. The maximum atomic E-state index is 11.9. The Morgan fingerprint density at radius 2 is 1.90 bits per heavy atom. The monoisotopic (exact) mass is 276 g/mol. The highest BCUT2D eigenvalue weighted by Crippen LogP contribution is 2.19. The van der Waals surface area contributed by atoms with Crippen LogP contribution in [0.2, 0.25) is 5.31 Å². The van der Waals surface area contributed by atoms with Gasteiger partial charge in [0.05, 0.1) is 11.7 Å². The normalized spacial score (nSPS) is 11.4. The molecule has 0 amide bonds. The summed E-state index contributed by atoms with van der Waals surface area (Å²) in [6, 6.07) is 4.82. The van der Waals surface area contributed by atoms with E-state index in [1.54, 1.807) is 32.0 Å². The van der Waals surface area contributed by atoms with Gasteiger partial charge in [0.25, 0.3) is 0 Å². The highest BCUT2D eigenvalue weighted by Gasteiger charge is 2.23. The molecule has 2 N–H and O–H groups in total. The Bertz CT molecular complexity index is 479. The lowest BCUT2D eigenvalue weighted by Crippen LogP contribution is -2.46. The third-order valence-corrected chi connectivity index (χ3v) is 2.72. The van der Waals surface area contributed by atoms with Gasteiger partial charge in [-0.25, -0.2) is 4.79 Å². The fraction of sp³-hybridized carbons (Fsp3) is 0.500. The lowest BCUT2D eigenvalue weighted by Gasteiger charge is -2.19. The van der Waals surface area contributed by atoms with Gasteiger partial charge in [-0.3, -0.25) is 0 Å². The number of hydrogen-bond acceptors (Lipinski definition) is 4. The molecule has 0 aliphatic carbocycles. The van der Waals surface area contributed by atoms with Crippen LogP contribution in [0, 0.1) is 0 Å². The van der Waals surface area contributed by atoms with E-state index in [9.17, 15) is 14.8 Å². The summed E-state index contributed by atoms with van der Waals surface area (Å²) >= 11 is 0. The van der Waals surface area contributed by atoms with E-state index in [1.807, 2.05) is 0 Å². The number of rotatable bonds is 4. The molecule has 0 aliphatic heterocycles. The van der Waals surface area contributed by atoms with Crippen molar-refractivity contribution in [3.63, 3.8) is 0 Å². The molecule has 0 unspecified atom stereocenters. The van der Waals surface area contributed by atoms with Gasteiger partial charge < -0.3 is 14.8 Å². The number of benzene rings is 1. The zero-order chi connectivity index (χ0) is 15.5. The van der Waals surface area contributed by atoms with E-state index >= 15 is 0 Å². The zero-order valence-electron chi connectivity index (χ0n) is 12.8. The first-order valence-electron chi connectivity index (χ1n) is 6.80.